The number of rotatable bonds is 2. The third-order valence-corrected chi connectivity index (χ3v) is 2.73. The molecule has 1 aromatic carbocycles. The van der Waals surface area contributed by atoms with Gasteiger partial charge >= 0.3 is 12.1 Å². The summed E-state index contributed by atoms with van der Waals surface area (Å²) in [6, 6.07) is 4.52. The van der Waals surface area contributed by atoms with Crippen LogP contribution in [0.5, 0.6) is 0 Å². The summed E-state index contributed by atoms with van der Waals surface area (Å²) in [5, 5.41) is 3.95. The summed E-state index contributed by atoms with van der Waals surface area (Å²) in [6.45, 7) is 0. The predicted octanol–water partition coefficient (Wildman–Crippen LogP) is 2.89. The van der Waals surface area contributed by atoms with E-state index in [1.807, 2.05) is 0 Å². The summed E-state index contributed by atoms with van der Waals surface area (Å²) in [7, 11) is 2.83. The molecule has 106 valence electrons. The van der Waals surface area contributed by atoms with Crippen LogP contribution in [-0.4, -0.2) is 22.9 Å². The van der Waals surface area contributed by atoms with Crippen LogP contribution in [-0.2, 0) is 18.0 Å². The van der Waals surface area contributed by atoms with Crippen molar-refractivity contribution < 1.29 is 22.7 Å². The minimum absolute atomic E-state index is 0.0646. The molecule has 0 fully saturated rings. The average Bonchev–Trinajstić information content (AvgIpc) is 2.79. The molecule has 20 heavy (non-hydrogen) atoms. The number of hydrogen-bond acceptors (Lipinski definition) is 3. The van der Waals surface area contributed by atoms with Gasteiger partial charge in [-0.15, -0.1) is 0 Å². The molecule has 0 saturated carbocycles. The second-order valence-corrected chi connectivity index (χ2v) is 4.13. The van der Waals surface area contributed by atoms with Gasteiger partial charge in [0.15, 0.2) is 5.69 Å². The van der Waals surface area contributed by atoms with Gasteiger partial charge in [0.25, 0.3) is 0 Å². The van der Waals surface area contributed by atoms with Crippen LogP contribution in [0.3, 0.4) is 0 Å². The normalized spacial score (nSPS) is 11.4. The molecular weight excluding hydrogens is 273 g/mol. The van der Waals surface area contributed by atoms with Crippen LogP contribution in [0.1, 0.15) is 16.1 Å². The summed E-state index contributed by atoms with van der Waals surface area (Å²) in [4.78, 5) is 11.6. The Morgan fingerprint density at radius 2 is 1.85 bits per heavy atom. The van der Waals surface area contributed by atoms with E-state index >= 15 is 0 Å². The Balaban J connectivity index is 2.44. The molecule has 0 radical (unpaired) electrons. The highest BCUT2D eigenvalue weighted by molar-refractivity contribution is 5.95. The quantitative estimate of drug-likeness (QED) is 0.796. The molecular formula is C13H11F3N2O2. The number of methoxy groups -OCH3 is 1. The maximum Gasteiger partial charge on any atom is 0.416 e. The van der Waals surface area contributed by atoms with Crippen molar-refractivity contribution in [2.75, 3.05) is 7.11 Å². The number of benzene rings is 1. The maximum atomic E-state index is 12.5. The van der Waals surface area contributed by atoms with Crippen molar-refractivity contribution in [1.82, 2.24) is 9.78 Å². The zero-order valence-electron chi connectivity index (χ0n) is 10.7. The van der Waals surface area contributed by atoms with Gasteiger partial charge in [-0.05, 0) is 17.7 Å². The molecule has 2 aromatic rings. The SMILES string of the molecule is COC(=O)c1nn(C)cc1-c1ccc(C(F)(F)F)cc1. The van der Waals surface area contributed by atoms with E-state index < -0.39 is 17.7 Å². The Labute approximate surface area is 112 Å². The van der Waals surface area contributed by atoms with Crippen molar-refractivity contribution >= 4 is 5.97 Å². The maximum absolute atomic E-state index is 12.5. The Kier molecular flexibility index (Phi) is 3.52. The van der Waals surface area contributed by atoms with Gasteiger partial charge < -0.3 is 4.74 Å². The first kappa shape index (κ1) is 14.1. The molecule has 0 atom stereocenters. The fourth-order valence-electron chi connectivity index (χ4n) is 1.79. The van der Waals surface area contributed by atoms with Crippen molar-refractivity contribution in [2.24, 2.45) is 7.05 Å². The standard InChI is InChI=1S/C13H11F3N2O2/c1-18-7-10(11(17-18)12(19)20-2)8-3-5-9(6-4-8)13(14,15)16/h3-7H,1-2H3. The minimum Gasteiger partial charge on any atom is -0.464 e. The number of halogens is 3. The van der Waals surface area contributed by atoms with E-state index in [1.54, 1.807) is 13.2 Å². The van der Waals surface area contributed by atoms with E-state index in [4.69, 9.17) is 0 Å². The van der Waals surface area contributed by atoms with Gasteiger partial charge in [0.1, 0.15) is 0 Å². The minimum atomic E-state index is -4.39. The molecule has 1 aromatic heterocycles. The lowest BCUT2D eigenvalue weighted by atomic mass is 10.0. The van der Waals surface area contributed by atoms with E-state index in [0.29, 0.717) is 11.1 Å². The number of carbonyl (C=O) groups excluding carboxylic acids is 1. The molecule has 4 nitrogen and oxygen atoms in total. The Morgan fingerprint density at radius 3 is 2.35 bits per heavy atom. The van der Waals surface area contributed by atoms with Gasteiger partial charge in [-0.1, -0.05) is 12.1 Å². The first-order chi connectivity index (χ1) is 9.32. The highest BCUT2D eigenvalue weighted by atomic mass is 19.4. The first-order valence-corrected chi connectivity index (χ1v) is 5.62. The number of aromatic nitrogens is 2. The fraction of sp³-hybridized carbons (Fsp3) is 0.231. The molecule has 7 heteroatoms. The van der Waals surface area contributed by atoms with Crippen molar-refractivity contribution in [2.45, 2.75) is 6.18 Å². The highest BCUT2D eigenvalue weighted by Crippen LogP contribution is 2.31. The second-order valence-electron chi connectivity index (χ2n) is 4.13. The van der Waals surface area contributed by atoms with E-state index in [9.17, 15) is 18.0 Å². The summed E-state index contributed by atoms with van der Waals surface area (Å²) >= 11 is 0. The van der Waals surface area contributed by atoms with Crippen LogP contribution >= 0.6 is 0 Å². The van der Waals surface area contributed by atoms with Crippen LogP contribution in [0, 0.1) is 0 Å². The van der Waals surface area contributed by atoms with Crippen LogP contribution in [0.4, 0.5) is 13.2 Å². The Bertz CT molecular complexity index is 630. The molecule has 0 N–H and O–H groups in total. The third-order valence-electron chi connectivity index (χ3n) is 2.73. The monoisotopic (exact) mass is 284 g/mol. The summed E-state index contributed by atoms with van der Waals surface area (Å²) in [5.74, 6) is -0.638. The zero-order chi connectivity index (χ0) is 14.9. The first-order valence-electron chi connectivity index (χ1n) is 5.62. The number of carbonyl (C=O) groups is 1. The Morgan fingerprint density at radius 1 is 1.25 bits per heavy atom. The van der Waals surface area contributed by atoms with E-state index in [0.717, 1.165) is 12.1 Å². The molecule has 0 amide bonds. The van der Waals surface area contributed by atoms with Gasteiger partial charge in [0.05, 0.1) is 12.7 Å². The molecule has 0 unspecified atom stereocenters. The zero-order valence-corrected chi connectivity index (χ0v) is 10.7. The number of ether oxygens (including phenoxy) is 1. The largest absolute Gasteiger partial charge is 0.464 e. The van der Waals surface area contributed by atoms with E-state index in [1.165, 1.54) is 23.9 Å². The van der Waals surface area contributed by atoms with Gasteiger partial charge in [0, 0.05) is 18.8 Å². The Hall–Kier alpha value is -2.31. The van der Waals surface area contributed by atoms with Crippen molar-refractivity contribution in [1.29, 1.82) is 0 Å². The highest BCUT2D eigenvalue weighted by Gasteiger charge is 2.30. The predicted molar refractivity (Wildman–Crippen MR) is 65.0 cm³/mol. The number of aryl methyl sites for hydroxylation is 1. The lowest BCUT2D eigenvalue weighted by molar-refractivity contribution is -0.137. The molecule has 0 aliphatic rings. The molecule has 0 aliphatic heterocycles. The molecule has 0 bridgehead atoms. The second kappa shape index (κ2) is 4.99. The molecule has 0 saturated heterocycles. The fourth-order valence-corrected chi connectivity index (χ4v) is 1.79. The summed E-state index contributed by atoms with van der Waals surface area (Å²) in [5.41, 5.74) is 0.207. The summed E-state index contributed by atoms with van der Waals surface area (Å²) in [6.07, 6.45) is -2.84. The van der Waals surface area contributed by atoms with E-state index in [2.05, 4.69) is 9.84 Å². The average molecular weight is 284 g/mol. The molecule has 0 aliphatic carbocycles. The lowest BCUT2D eigenvalue weighted by Crippen LogP contribution is -2.05. The number of esters is 1. The van der Waals surface area contributed by atoms with Gasteiger partial charge in [-0.3, -0.25) is 4.68 Å². The molecule has 0 spiro atoms. The topological polar surface area (TPSA) is 44.1 Å². The lowest BCUT2D eigenvalue weighted by Gasteiger charge is -2.07. The van der Waals surface area contributed by atoms with Gasteiger partial charge in [-0.2, -0.15) is 18.3 Å². The number of alkyl halides is 3. The number of nitrogens with zero attached hydrogens (tertiary/aromatic N) is 2. The molecule has 2 rings (SSSR count). The van der Waals surface area contributed by atoms with Crippen LogP contribution < -0.4 is 0 Å². The van der Waals surface area contributed by atoms with Crippen molar-refractivity contribution in [3.8, 4) is 11.1 Å². The smallest absolute Gasteiger partial charge is 0.416 e. The van der Waals surface area contributed by atoms with Crippen LogP contribution in [0.25, 0.3) is 11.1 Å². The number of hydrogen-bond donors (Lipinski definition) is 0. The molecule has 1 heterocycles. The summed E-state index contributed by atoms with van der Waals surface area (Å²) < 4.78 is 43.5. The third kappa shape index (κ3) is 2.66. The van der Waals surface area contributed by atoms with Crippen molar-refractivity contribution in [3.63, 3.8) is 0 Å². The van der Waals surface area contributed by atoms with Crippen molar-refractivity contribution in [3.05, 3.63) is 41.7 Å². The van der Waals surface area contributed by atoms with Gasteiger partial charge in [0.2, 0.25) is 0 Å². The van der Waals surface area contributed by atoms with Crippen LogP contribution in [0.15, 0.2) is 30.5 Å². The van der Waals surface area contributed by atoms with Gasteiger partial charge in [-0.25, -0.2) is 4.79 Å². The van der Waals surface area contributed by atoms with E-state index in [-0.39, 0.29) is 5.69 Å². The van der Waals surface area contributed by atoms with Crippen LogP contribution in [0.2, 0.25) is 0 Å².